The predicted molar refractivity (Wildman–Crippen MR) is 131 cm³/mol. The van der Waals surface area contributed by atoms with Crippen LogP contribution in [0.3, 0.4) is 0 Å². The first kappa shape index (κ1) is 22.1. The Balaban J connectivity index is 1.71. The maximum Gasteiger partial charge on any atom is 0.247 e. The van der Waals surface area contributed by atoms with Gasteiger partial charge >= 0.3 is 0 Å². The number of fused-ring (bicyclic) bond motifs is 3. The maximum absolute atomic E-state index is 13.3. The third-order valence-corrected chi connectivity index (χ3v) is 6.56. The fraction of sp³-hybridized carbons (Fsp3) is 0.240. The van der Waals surface area contributed by atoms with Crippen molar-refractivity contribution < 1.29 is 9.53 Å². The number of para-hydroxylation sites is 1. The number of carbonyl (C=O) groups is 1. The van der Waals surface area contributed by atoms with E-state index in [1.165, 1.54) is 11.8 Å². The van der Waals surface area contributed by atoms with Gasteiger partial charge in [0.25, 0.3) is 0 Å². The summed E-state index contributed by atoms with van der Waals surface area (Å²) in [6.07, 6.45) is 2.22. The van der Waals surface area contributed by atoms with Crippen LogP contribution in [-0.2, 0) is 4.79 Å². The first-order valence-corrected chi connectivity index (χ1v) is 12.2. The van der Waals surface area contributed by atoms with E-state index in [-0.39, 0.29) is 5.91 Å². The molecule has 0 spiro atoms. The molecule has 0 fully saturated rings. The highest BCUT2D eigenvalue weighted by atomic mass is 32.2. The Morgan fingerprint density at radius 1 is 1.09 bits per heavy atom. The largest absolute Gasteiger partial charge is 0.447 e. The number of nitrogens with one attached hydrogen (secondary N) is 1. The lowest BCUT2D eigenvalue weighted by Crippen LogP contribution is -2.37. The van der Waals surface area contributed by atoms with E-state index in [9.17, 15) is 4.79 Å². The second-order valence-corrected chi connectivity index (χ2v) is 8.83. The standard InChI is InChI=1S/C25H24N6O2S/c1-3-14-34-25-27-23-22(29-30-25)17-12-8-9-13-19(17)31(20(32)4-2)24(33-23)18-15-26-28-21(18)16-10-6-5-7-11-16/h5-13,15,24H,3-4,14H2,1-2H3,(H,26,28). The lowest BCUT2D eigenvalue weighted by molar-refractivity contribution is -0.120. The van der Waals surface area contributed by atoms with Gasteiger partial charge in [0.2, 0.25) is 23.2 Å². The van der Waals surface area contributed by atoms with Crippen LogP contribution < -0.4 is 9.64 Å². The van der Waals surface area contributed by atoms with E-state index in [4.69, 9.17) is 9.72 Å². The molecule has 1 N–H and O–H groups in total. The van der Waals surface area contributed by atoms with Gasteiger partial charge in [-0.25, -0.2) is 0 Å². The Labute approximate surface area is 201 Å². The summed E-state index contributed by atoms with van der Waals surface area (Å²) in [6.45, 7) is 3.94. The molecular weight excluding hydrogens is 448 g/mol. The van der Waals surface area contributed by atoms with Gasteiger partial charge in [-0.2, -0.15) is 10.1 Å². The molecule has 0 radical (unpaired) electrons. The van der Waals surface area contributed by atoms with E-state index >= 15 is 0 Å². The lowest BCUT2D eigenvalue weighted by Gasteiger charge is -2.30. The second-order valence-electron chi connectivity index (χ2n) is 7.77. The summed E-state index contributed by atoms with van der Waals surface area (Å²) < 4.78 is 6.52. The van der Waals surface area contributed by atoms with Crippen molar-refractivity contribution in [2.24, 2.45) is 0 Å². The molecule has 2 aromatic carbocycles. The van der Waals surface area contributed by atoms with E-state index in [1.807, 2.05) is 61.5 Å². The van der Waals surface area contributed by atoms with Gasteiger partial charge in [-0.3, -0.25) is 14.8 Å². The maximum atomic E-state index is 13.3. The molecule has 0 aliphatic carbocycles. The molecule has 2 aromatic heterocycles. The number of anilines is 1. The molecule has 0 bridgehead atoms. The number of H-pyrrole nitrogens is 1. The summed E-state index contributed by atoms with van der Waals surface area (Å²) in [6, 6.07) is 17.5. The fourth-order valence-corrected chi connectivity index (χ4v) is 4.56. The lowest BCUT2D eigenvalue weighted by atomic mass is 10.0. The van der Waals surface area contributed by atoms with Crippen molar-refractivity contribution in [2.45, 2.75) is 38.1 Å². The van der Waals surface area contributed by atoms with Gasteiger partial charge in [0.05, 0.1) is 23.1 Å². The third-order valence-electron chi connectivity index (χ3n) is 5.52. The van der Waals surface area contributed by atoms with Crippen molar-refractivity contribution in [3.8, 4) is 28.4 Å². The minimum absolute atomic E-state index is 0.0843. The molecule has 1 atom stereocenters. The molecule has 34 heavy (non-hydrogen) atoms. The number of aromatic nitrogens is 5. The molecular formula is C25H24N6O2S. The highest BCUT2D eigenvalue weighted by molar-refractivity contribution is 7.99. The smallest absolute Gasteiger partial charge is 0.247 e. The average Bonchev–Trinajstić information content (AvgIpc) is 3.32. The van der Waals surface area contributed by atoms with Crippen LogP contribution >= 0.6 is 11.8 Å². The summed E-state index contributed by atoms with van der Waals surface area (Å²) in [5, 5.41) is 16.7. The number of hydrogen-bond donors (Lipinski definition) is 1. The second kappa shape index (κ2) is 9.64. The molecule has 4 aromatic rings. The SMILES string of the molecule is CCCSc1nnc2c(n1)OC(c1cn[nH]c1-c1ccccc1)N(C(=O)CC)c1ccccc1-2. The van der Waals surface area contributed by atoms with E-state index in [2.05, 4.69) is 27.3 Å². The summed E-state index contributed by atoms with van der Waals surface area (Å²) in [7, 11) is 0. The van der Waals surface area contributed by atoms with Gasteiger partial charge in [0.15, 0.2) is 5.69 Å². The number of rotatable bonds is 6. The van der Waals surface area contributed by atoms with E-state index in [1.54, 1.807) is 11.1 Å². The van der Waals surface area contributed by atoms with Gasteiger partial charge in [-0.05, 0) is 12.5 Å². The molecule has 1 unspecified atom stereocenters. The number of amides is 1. The number of aromatic amines is 1. The number of thioether (sulfide) groups is 1. The topological polar surface area (TPSA) is 96.9 Å². The van der Waals surface area contributed by atoms with Crippen molar-refractivity contribution >= 4 is 23.4 Å². The van der Waals surface area contributed by atoms with Crippen molar-refractivity contribution in [1.82, 2.24) is 25.4 Å². The van der Waals surface area contributed by atoms with Crippen LogP contribution in [0, 0.1) is 0 Å². The van der Waals surface area contributed by atoms with Gasteiger partial charge in [-0.15, -0.1) is 10.2 Å². The Morgan fingerprint density at radius 2 is 1.88 bits per heavy atom. The number of carbonyl (C=O) groups excluding carboxylic acids is 1. The molecule has 1 aliphatic heterocycles. The highest BCUT2D eigenvalue weighted by Crippen LogP contribution is 2.44. The Morgan fingerprint density at radius 3 is 2.68 bits per heavy atom. The normalized spacial score (nSPS) is 14.6. The Bertz CT molecular complexity index is 1310. The van der Waals surface area contributed by atoms with Crippen molar-refractivity contribution in [1.29, 1.82) is 0 Å². The summed E-state index contributed by atoms with van der Waals surface area (Å²) >= 11 is 1.53. The molecule has 1 amide bonds. The number of ether oxygens (including phenoxy) is 1. The van der Waals surface area contributed by atoms with Crippen LogP contribution in [0.2, 0.25) is 0 Å². The van der Waals surface area contributed by atoms with Crippen molar-refractivity contribution in [3.63, 3.8) is 0 Å². The van der Waals surface area contributed by atoms with Gasteiger partial charge in [0, 0.05) is 23.3 Å². The van der Waals surface area contributed by atoms with Crippen LogP contribution in [0.5, 0.6) is 5.88 Å². The van der Waals surface area contributed by atoms with Crippen LogP contribution in [-0.4, -0.2) is 37.0 Å². The van der Waals surface area contributed by atoms with Gasteiger partial charge < -0.3 is 4.74 Å². The van der Waals surface area contributed by atoms with E-state index in [0.29, 0.717) is 28.8 Å². The summed E-state index contributed by atoms with van der Waals surface area (Å²) in [5.41, 5.74) is 4.42. The summed E-state index contributed by atoms with van der Waals surface area (Å²) in [5.74, 6) is 1.14. The quantitative estimate of drug-likeness (QED) is 0.382. The Kier molecular flexibility index (Phi) is 6.27. The Hall–Kier alpha value is -3.72. The van der Waals surface area contributed by atoms with Gasteiger partial charge in [0.1, 0.15) is 0 Å². The van der Waals surface area contributed by atoms with Crippen LogP contribution in [0.25, 0.3) is 22.5 Å². The fourth-order valence-electron chi connectivity index (χ4n) is 3.93. The monoisotopic (exact) mass is 472 g/mol. The molecule has 0 saturated carbocycles. The van der Waals surface area contributed by atoms with Crippen LogP contribution in [0.4, 0.5) is 5.69 Å². The minimum atomic E-state index is -0.787. The predicted octanol–water partition coefficient (Wildman–Crippen LogP) is 5.27. The average molecular weight is 473 g/mol. The number of hydrogen-bond acceptors (Lipinski definition) is 7. The zero-order valence-electron chi connectivity index (χ0n) is 18.9. The van der Waals surface area contributed by atoms with Crippen LogP contribution in [0.1, 0.15) is 38.5 Å². The molecule has 5 rings (SSSR count). The molecule has 1 aliphatic rings. The number of nitrogens with zero attached hydrogens (tertiary/aromatic N) is 5. The number of benzene rings is 2. The summed E-state index contributed by atoms with van der Waals surface area (Å²) in [4.78, 5) is 19.7. The molecule has 0 saturated heterocycles. The van der Waals surface area contributed by atoms with Crippen LogP contribution in [0.15, 0.2) is 66.0 Å². The van der Waals surface area contributed by atoms with Gasteiger partial charge in [-0.1, -0.05) is 74.1 Å². The van der Waals surface area contributed by atoms with Crippen molar-refractivity contribution in [3.05, 3.63) is 66.4 Å². The first-order valence-electron chi connectivity index (χ1n) is 11.3. The minimum Gasteiger partial charge on any atom is -0.447 e. The van der Waals surface area contributed by atoms with Crippen molar-refractivity contribution in [2.75, 3.05) is 10.7 Å². The molecule has 172 valence electrons. The molecule has 3 heterocycles. The molecule has 8 nitrogen and oxygen atoms in total. The molecule has 9 heteroatoms. The highest BCUT2D eigenvalue weighted by Gasteiger charge is 2.37. The zero-order chi connectivity index (χ0) is 23.5. The van der Waals surface area contributed by atoms with E-state index in [0.717, 1.165) is 34.6 Å². The zero-order valence-corrected chi connectivity index (χ0v) is 19.7. The first-order chi connectivity index (χ1) is 16.7. The third kappa shape index (κ3) is 4.03. The van der Waals surface area contributed by atoms with E-state index < -0.39 is 6.23 Å².